The summed E-state index contributed by atoms with van der Waals surface area (Å²) in [7, 11) is 3.18. The first kappa shape index (κ1) is 15.1. The molecule has 0 saturated heterocycles. The molecule has 1 aromatic rings. The van der Waals surface area contributed by atoms with Gasteiger partial charge in [0, 0.05) is 12.0 Å². The van der Waals surface area contributed by atoms with Gasteiger partial charge in [0.15, 0.2) is 11.5 Å². The van der Waals surface area contributed by atoms with Crippen molar-refractivity contribution < 1.29 is 14.6 Å². The fraction of sp³-hybridized carbons (Fsp3) is 0.571. The molecule has 0 amide bonds. The van der Waals surface area contributed by atoms with E-state index in [1.54, 1.807) is 21.1 Å². The predicted molar refractivity (Wildman–Crippen MR) is 74.0 cm³/mol. The van der Waals surface area contributed by atoms with Crippen molar-refractivity contribution >= 4 is 11.6 Å². The fourth-order valence-electron chi connectivity index (χ4n) is 1.97. The van der Waals surface area contributed by atoms with Crippen molar-refractivity contribution in [3.63, 3.8) is 0 Å². The van der Waals surface area contributed by atoms with Crippen molar-refractivity contribution in [2.75, 3.05) is 14.2 Å². The lowest BCUT2D eigenvalue weighted by atomic mass is 9.96. The summed E-state index contributed by atoms with van der Waals surface area (Å²) in [5.41, 5.74) is 1.81. The topological polar surface area (TPSA) is 38.7 Å². The van der Waals surface area contributed by atoms with Gasteiger partial charge in [-0.3, -0.25) is 0 Å². The highest BCUT2D eigenvalue weighted by Gasteiger charge is 2.20. The van der Waals surface area contributed by atoms with Gasteiger partial charge < -0.3 is 14.6 Å². The van der Waals surface area contributed by atoms with Gasteiger partial charge in [0.2, 0.25) is 0 Å². The van der Waals surface area contributed by atoms with Crippen LogP contribution in [-0.4, -0.2) is 25.4 Å². The molecule has 1 N–H and O–H groups in total. The number of methoxy groups -OCH3 is 2. The van der Waals surface area contributed by atoms with Gasteiger partial charge in [-0.25, -0.2) is 0 Å². The number of benzene rings is 1. The normalized spacial score (nSPS) is 12.7. The Hall–Kier alpha value is -0.930. The van der Waals surface area contributed by atoms with Crippen LogP contribution in [0, 0.1) is 0 Å². The molecule has 1 aromatic carbocycles. The third-order valence-corrected chi connectivity index (χ3v) is 3.29. The standard InChI is InChI=1S/C14H21ClO3/c1-8(2)10-7-12(17-4)14(18-5)11(13(10)15)6-9(3)16/h7-9,16H,6H2,1-5H3. The Labute approximate surface area is 114 Å². The van der Waals surface area contributed by atoms with Crippen LogP contribution >= 0.6 is 11.6 Å². The Bertz CT molecular complexity index is 414. The zero-order valence-corrected chi connectivity index (χ0v) is 12.3. The van der Waals surface area contributed by atoms with Crippen molar-refractivity contribution in [2.24, 2.45) is 0 Å². The van der Waals surface area contributed by atoms with E-state index in [-0.39, 0.29) is 5.92 Å². The maximum Gasteiger partial charge on any atom is 0.165 e. The summed E-state index contributed by atoms with van der Waals surface area (Å²) in [5.74, 6) is 1.54. The monoisotopic (exact) mass is 272 g/mol. The van der Waals surface area contributed by atoms with E-state index in [4.69, 9.17) is 21.1 Å². The molecule has 0 aromatic heterocycles. The maximum absolute atomic E-state index is 9.59. The molecule has 0 fully saturated rings. The highest BCUT2D eigenvalue weighted by atomic mass is 35.5. The Morgan fingerprint density at radius 1 is 1.22 bits per heavy atom. The lowest BCUT2D eigenvalue weighted by molar-refractivity contribution is 0.194. The average molecular weight is 273 g/mol. The third kappa shape index (κ3) is 3.09. The molecule has 1 atom stereocenters. The number of halogens is 1. The van der Waals surface area contributed by atoms with E-state index in [9.17, 15) is 5.11 Å². The first-order valence-corrected chi connectivity index (χ1v) is 6.41. The lowest BCUT2D eigenvalue weighted by Gasteiger charge is -2.20. The number of aliphatic hydroxyl groups excluding tert-OH is 1. The Balaban J connectivity index is 3.46. The van der Waals surface area contributed by atoms with Crippen molar-refractivity contribution in [3.05, 3.63) is 22.2 Å². The molecule has 4 heteroatoms. The summed E-state index contributed by atoms with van der Waals surface area (Å²) < 4.78 is 10.7. The van der Waals surface area contributed by atoms with Gasteiger partial charge in [-0.15, -0.1) is 0 Å². The molecule has 0 aliphatic rings. The predicted octanol–water partition coefficient (Wildman–Crippen LogP) is 3.40. The minimum atomic E-state index is -0.483. The summed E-state index contributed by atoms with van der Waals surface area (Å²) in [5, 5.41) is 10.2. The van der Waals surface area contributed by atoms with E-state index in [1.807, 2.05) is 6.07 Å². The minimum absolute atomic E-state index is 0.282. The molecule has 0 saturated carbocycles. The second-order valence-electron chi connectivity index (χ2n) is 4.70. The minimum Gasteiger partial charge on any atom is -0.493 e. The van der Waals surface area contributed by atoms with Crippen LogP contribution in [0.25, 0.3) is 0 Å². The number of rotatable bonds is 5. The van der Waals surface area contributed by atoms with Gasteiger partial charge in [0.05, 0.1) is 25.3 Å². The molecular formula is C14H21ClO3. The number of hydrogen-bond donors (Lipinski definition) is 1. The molecule has 0 aliphatic heterocycles. The first-order valence-electron chi connectivity index (χ1n) is 6.03. The number of ether oxygens (including phenoxy) is 2. The van der Waals surface area contributed by atoms with Crippen LogP contribution in [0.4, 0.5) is 0 Å². The lowest BCUT2D eigenvalue weighted by Crippen LogP contribution is -2.09. The number of hydrogen-bond acceptors (Lipinski definition) is 3. The molecule has 0 radical (unpaired) electrons. The molecule has 0 spiro atoms. The zero-order chi connectivity index (χ0) is 13.9. The molecule has 0 aliphatic carbocycles. The molecule has 18 heavy (non-hydrogen) atoms. The van der Waals surface area contributed by atoms with E-state index in [0.29, 0.717) is 22.9 Å². The molecule has 3 nitrogen and oxygen atoms in total. The summed E-state index contributed by atoms with van der Waals surface area (Å²) in [6, 6.07) is 1.90. The number of aliphatic hydroxyl groups is 1. The van der Waals surface area contributed by atoms with Crippen molar-refractivity contribution in [2.45, 2.75) is 39.2 Å². The van der Waals surface area contributed by atoms with E-state index in [1.165, 1.54) is 0 Å². The van der Waals surface area contributed by atoms with Gasteiger partial charge in [0.25, 0.3) is 0 Å². The van der Waals surface area contributed by atoms with E-state index in [0.717, 1.165) is 11.1 Å². The highest BCUT2D eigenvalue weighted by molar-refractivity contribution is 6.32. The van der Waals surface area contributed by atoms with Crippen LogP contribution in [0.5, 0.6) is 11.5 Å². The molecular weight excluding hydrogens is 252 g/mol. The van der Waals surface area contributed by atoms with Crippen LogP contribution in [0.2, 0.25) is 5.02 Å². The van der Waals surface area contributed by atoms with E-state index in [2.05, 4.69) is 13.8 Å². The fourth-order valence-corrected chi connectivity index (χ4v) is 2.40. The Kier molecular flexibility index (Phi) is 5.29. The quantitative estimate of drug-likeness (QED) is 0.893. The first-order chi connectivity index (χ1) is 8.42. The largest absolute Gasteiger partial charge is 0.493 e. The van der Waals surface area contributed by atoms with E-state index < -0.39 is 6.10 Å². The Morgan fingerprint density at radius 2 is 1.83 bits per heavy atom. The molecule has 102 valence electrons. The van der Waals surface area contributed by atoms with Crippen molar-refractivity contribution in [1.82, 2.24) is 0 Å². The third-order valence-electron chi connectivity index (χ3n) is 2.85. The summed E-state index contributed by atoms with van der Waals surface area (Å²) >= 11 is 6.41. The van der Waals surface area contributed by atoms with Crippen molar-refractivity contribution in [1.29, 1.82) is 0 Å². The van der Waals surface area contributed by atoms with Crippen molar-refractivity contribution in [3.8, 4) is 11.5 Å². The van der Waals surface area contributed by atoms with Gasteiger partial charge in [0.1, 0.15) is 0 Å². The molecule has 1 unspecified atom stereocenters. The van der Waals surface area contributed by atoms with Gasteiger partial charge >= 0.3 is 0 Å². The maximum atomic E-state index is 9.59. The molecule has 0 heterocycles. The SMILES string of the molecule is COc1cc(C(C)C)c(Cl)c(CC(C)O)c1OC. The summed E-state index contributed by atoms with van der Waals surface area (Å²) in [4.78, 5) is 0. The van der Waals surface area contributed by atoms with Crippen LogP contribution in [0.15, 0.2) is 6.07 Å². The highest BCUT2D eigenvalue weighted by Crippen LogP contribution is 2.41. The second kappa shape index (κ2) is 6.30. The summed E-state index contributed by atoms with van der Waals surface area (Å²) in [6.45, 7) is 5.86. The van der Waals surface area contributed by atoms with Crippen LogP contribution in [0.3, 0.4) is 0 Å². The van der Waals surface area contributed by atoms with Crippen LogP contribution < -0.4 is 9.47 Å². The molecule has 1 rings (SSSR count). The van der Waals surface area contributed by atoms with E-state index >= 15 is 0 Å². The molecule has 0 bridgehead atoms. The Morgan fingerprint density at radius 3 is 2.22 bits per heavy atom. The summed E-state index contributed by atoms with van der Waals surface area (Å²) in [6.07, 6.45) is -0.0395. The second-order valence-corrected chi connectivity index (χ2v) is 5.08. The van der Waals surface area contributed by atoms with Gasteiger partial charge in [-0.1, -0.05) is 25.4 Å². The van der Waals surface area contributed by atoms with Crippen LogP contribution in [-0.2, 0) is 6.42 Å². The van der Waals surface area contributed by atoms with Gasteiger partial charge in [-0.05, 0) is 24.5 Å². The van der Waals surface area contributed by atoms with Gasteiger partial charge in [-0.2, -0.15) is 0 Å². The van der Waals surface area contributed by atoms with Crippen LogP contribution in [0.1, 0.15) is 37.8 Å². The average Bonchev–Trinajstić information content (AvgIpc) is 2.30. The zero-order valence-electron chi connectivity index (χ0n) is 11.6. The smallest absolute Gasteiger partial charge is 0.165 e.